The monoisotopic (exact) mass is 291 g/mol. The van der Waals surface area contributed by atoms with Gasteiger partial charge < -0.3 is 19.5 Å². The van der Waals surface area contributed by atoms with Crippen molar-refractivity contribution < 1.29 is 14.2 Å². The fourth-order valence-electron chi connectivity index (χ4n) is 2.55. The fraction of sp³-hybridized carbons (Fsp3) is 0.647. The van der Waals surface area contributed by atoms with Gasteiger partial charge in [0.05, 0.1) is 19.3 Å². The third-order valence-electron chi connectivity index (χ3n) is 3.87. The van der Waals surface area contributed by atoms with E-state index in [2.05, 4.69) is 36.5 Å². The van der Waals surface area contributed by atoms with Gasteiger partial charge in [-0.15, -0.1) is 0 Å². The van der Waals surface area contributed by atoms with Crippen LogP contribution in [0.3, 0.4) is 0 Å². The summed E-state index contributed by atoms with van der Waals surface area (Å²) in [5.74, 6) is 0.976. The van der Waals surface area contributed by atoms with Crippen LogP contribution in [-0.4, -0.2) is 32.2 Å². The van der Waals surface area contributed by atoms with Gasteiger partial charge in [0.2, 0.25) is 0 Å². The Hall–Kier alpha value is -1.10. The van der Waals surface area contributed by atoms with Crippen LogP contribution >= 0.6 is 0 Å². The molecule has 1 heterocycles. The van der Waals surface area contributed by atoms with Gasteiger partial charge in [-0.3, -0.25) is 0 Å². The molecule has 1 aromatic rings. The first-order valence-corrected chi connectivity index (χ1v) is 8.08. The van der Waals surface area contributed by atoms with E-state index < -0.39 is 0 Å². The summed E-state index contributed by atoms with van der Waals surface area (Å²) >= 11 is 0. The van der Waals surface area contributed by atoms with Crippen molar-refractivity contribution in [2.75, 3.05) is 19.8 Å². The zero-order valence-electron chi connectivity index (χ0n) is 12.7. The number of hydrogen-bond acceptors (Lipinski definition) is 4. The van der Waals surface area contributed by atoms with E-state index in [1.54, 1.807) is 0 Å². The van der Waals surface area contributed by atoms with Crippen LogP contribution in [0.25, 0.3) is 0 Å². The minimum Gasteiger partial charge on any atom is -0.490 e. The molecule has 0 radical (unpaired) electrons. The Morgan fingerprint density at radius 3 is 2.52 bits per heavy atom. The molecule has 21 heavy (non-hydrogen) atoms. The second kappa shape index (κ2) is 7.25. The van der Waals surface area contributed by atoms with E-state index in [1.807, 2.05) is 0 Å². The van der Waals surface area contributed by atoms with E-state index in [4.69, 9.17) is 14.2 Å². The summed E-state index contributed by atoms with van der Waals surface area (Å²) < 4.78 is 17.0. The van der Waals surface area contributed by atoms with Crippen LogP contribution in [0.5, 0.6) is 5.75 Å². The Morgan fingerprint density at radius 1 is 1.19 bits per heavy atom. The molecule has 0 spiro atoms. The summed E-state index contributed by atoms with van der Waals surface area (Å²) in [4.78, 5) is 0. The van der Waals surface area contributed by atoms with E-state index in [-0.39, 0.29) is 12.3 Å². The van der Waals surface area contributed by atoms with Crippen molar-refractivity contribution in [3.05, 3.63) is 29.8 Å². The van der Waals surface area contributed by atoms with Crippen molar-refractivity contribution in [2.24, 2.45) is 0 Å². The van der Waals surface area contributed by atoms with Crippen LogP contribution in [-0.2, 0) is 9.47 Å². The van der Waals surface area contributed by atoms with Gasteiger partial charge in [0.25, 0.3) is 0 Å². The Morgan fingerprint density at radius 2 is 1.90 bits per heavy atom. The Kier molecular flexibility index (Phi) is 5.12. The van der Waals surface area contributed by atoms with Gasteiger partial charge in [0, 0.05) is 12.5 Å². The molecule has 0 aromatic heterocycles. The van der Waals surface area contributed by atoms with Gasteiger partial charge in [-0.2, -0.15) is 0 Å². The van der Waals surface area contributed by atoms with E-state index in [0.29, 0.717) is 19.3 Å². The highest BCUT2D eigenvalue weighted by molar-refractivity contribution is 5.29. The molecule has 1 aromatic carbocycles. The van der Waals surface area contributed by atoms with Crippen LogP contribution in [0.2, 0.25) is 0 Å². The molecule has 1 aliphatic heterocycles. The number of benzene rings is 1. The summed E-state index contributed by atoms with van der Waals surface area (Å²) in [7, 11) is 0. The molecule has 0 bridgehead atoms. The molecule has 2 fully saturated rings. The lowest BCUT2D eigenvalue weighted by Crippen LogP contribution is -2.26. The maximum atomic E-state index is 5.80. The predicted octanol–water partition coefficient (Wildman–Crippen LogP) is 3.03. The fourth-order valence-corrected chi connectivity index (χ4v) is 2.55. The lowest BCUT2D eigenvalue weighted by Gasteiger charge is -2.22. The maximum Gasteiger partial charge on any atom is 0.159 e. The highest BCUT2D eigenvalue weighted by Gasteiger charge is 2.24. The average Bonchev–Trinajstić information content (AvgIpc) is 3.17. The molecule has 1 unspecified atom stereocenters. The summed E-state index contributed by atoms with van der Waals surface area (Å²) in [5, 5.41) is 3.58. The Bertz CT molecular complexity index is 424. The van der Waals surface area contributed by atoms with E-state index in [1.165, 1.54) is 18.4 Å². The highest BCUT2D eigenvalue weighted by atomic mass is 16.7. The topological polar surface area (TPSA) is 39.7 Å². The highest BCUT2D eigenvalue weighted by Crippen LogP contribution is 2.29. The largest absolute Gasteiger partial charge is 0.490 e. The molecule has 2 aliphatic rings. The summed E-state index contributed by atoms with van der Waals surface area (Å²) in [6.07, 6.45) is 4.72. The van der Waals surface area contributed by atoms with Crippen molar-refractivity contribution >= 4 is 0 Å². The molecule has 1 N–H and O–H groups in total. The van der Waals surface area contributed by atoms with Crippen LogP contribution in [0.4, 0.5) is 0 Å². The number of ether oxygens (including phenoxy) is 3. The van der Waals surface area contributed by atoms with Gasteiger partial charge in [0.15, 0.2) is 6.29 Å². The Labute approximate surface area is 126 Å². The van der Waals surface area contributed by atoms with Gasteiger partial charge >= 0.3 is 0 Å². The predicted molar refractivity (Wildman–Crippen MR) is 81.4 cm³/mol. The minimum atomic E-state index is -0.0817. The zero-order valence-corrected chi connectivity index (χ0v) is 12.7. The lowest BCUT2D eigenvalue weighted by molar-refractivity contribution is -0.0530. The van der Waals surface area contributed by atoms with Gasteiger partial charge in [-0.25, -0.2) is 0 Å². The molecule has 1 saturated carbocycles. The van der Waals surface area contributed by atoms with Gasteiger partial charge in [-0.1, -0.05) is 19.1 Å². The third kappa shape index (κ3) is 4.43. The molecule has 0 amide bonds. The molecule has 1 aliphatic carbocycles. The number of nitrogens with one attached hydrogen (secondary N) is 1. The van der Waals surface area contributed by atoms with Crippen LogP contribution < -0.4 is 10.1 Å². The molecule has 3 rings (SSSR count). The normalized spacial score (nSPS) is 20.6. The van der Waals surface area contributed by atoms with Gasteiger partial charge in [0.1, 0.15) is 5.75 Å². The molecular weight excluding hydrogens is 266 g/mol. The smallest absolute Gasteiger partial charge is 0.159 e. The zero-order chi connectivity index (χ0) is 14.5. The van der Waals surface area contributed by atoms with Crippen molar-refractivity contribution in [3.63, 3.8) is 0 Å². The summed E-state index contributed by atoms with van der Waals surface area (Å²) in [6, 6.07) is 8.72. The van der Waals surface area contributed by atoms with Crippen molar-refractivity contribution in [3.8, 4) is 5.75 Å². The molecule has 4 nitrogen and oxygen atoms in total. The van der Waals surface area contributed by atoms with E-state index in [9.17, 15) is 0 Å². The standard InChI is InChI=1S/C17H25NO3/c1-2-9-18-16(12-17-19-10-11-20-17)13-3-5-14(6-4-13)21-15-7-8-15/h3-6,15-18H,2,7-12H2,1H3. The molecule has 116 valence electrons. The number of rotatable bonds is 8. The van der Waals surface area contributed by atoms with E-state index in [0.717, 1.165) is 25.1 Å². The summed E-state index contributed by atoms with van der Waals surface area (Å²) in [5.41, 5.74) is 1.27. The SMILES string of the molecule is CCCNC(CC1OCCO1)c1ccc(OC2CC2)cc1. The first kappa shape index (κ1) is 14.8. The van der Waals surface area contributed by atoms with E-state index >= 15 is 0 Å². The van der Waals surface area contributed by atoms with Crippen molar-refractivity contribution in [2.45, 2.75) is 51.0 Å². The Balaban J connectivity index is 1.62. The first-order valence-electron chi connectivity index (χ1n) is 8.08. The van der Waals surface area contributed by atoms with Crippen LogP contribution in [0.15, 0.2) is 24.3 Å². The van der Waals surface area contributed by atoms with Crippen LogP contribution in [0.1, 0.15) is 44.2 Å². The molecule has 1 atom stereocenters. The molecule has 4 heteroatoms. The van der Waals surface area contributed by atoms with Crippen molar-refractivity contribution in [1.29, 1.82) is 0 Å². The van der Waals surface area contributed by atoms with Crippen LogP contribution in [0, 0.1) is 0 Å². The quantitative estimate of drug-likeness (QED) is 0.799. The first-order chi connectivity index (χ1) is 10.3. The minimum absolute atomic E-state index is 0.0817. The average molecular weight is 291 g/mol. The maximum absolute atomic E-state index is 5.80. The van der Waals surface area contributed by atoms with Gasteiger partial charge in [-0.05, 0) is 43.5 Å². The lowest BCUT2D eigenvalue weighted by atomic mass is 10.0. The third-order valence-corrected chi connectivity index (χ3v) is 3.87. The second-order valence-corrected chi connectivity index (χ2v) is 5.80. The number of hydrogen-bond donors (Lipinski definition) is 1. The molecule has 1 saturated heterocycles. The van der Waals surface area contributed by atoms with Crippen molar-refractivity contribution in [1.82, 2.24) is 5.32 Å². The molecular formula is C17H25NO3. The second-order valence-electron chi connectivity index (χ2n) is 5.80. The summed E-state index contributed by atoms with van der Waals surface area (Å²) in [6.45, 7) is 4.59.